The van der Waals surface area contributed by atoms with Crippen LogP contribution in [0.3, 0.4) is 0 Å². The maximum atomic E-state index is 11.9. The predicted octanol–water partition coefficient (Wildman–Crippen LogP) is 4.08. The number of hydrogen-bond donors (Lipinski definition) is 2. The van der Waals surface area contributed by atoms with Crippen LogP contribution in [0, 0.1) is 27.7 Å². The molecule has 0 unspecified atom stereocenters. The van der Waals surface area contributed by atoms with Crippen LogP contribution in [0.4, 0.5) is 10.5 Å². The Morgan fingerprint density at radius 1 is 0.955 bits per heavy atom. The summed E-state index contributed by atoms with van der Waals surface area (Å²) >= 11 is 0. The van der Waals surface area contributed by atoms with Crippen LogP contribution in [-0.4, -0.2) is 12.2 Å². The number of para-hydroxylation sites is 1. The number of hydrazone groups is 1. The molecule has 0 bridgehead atoms. The van der Waals surface area contributed by atoms with Crippen LogP contribution in [0.2, 0.25) is 0 Å². The van der Waals surface area contributed by atoms with Gasteiger partial charge in [0.1, 0.15) is 0 Å². The lowest BCUT2D eigenvalue weighted by Gasteiger charge is -2.10. The van der Waals surface area contributed by atoms with Gasteiger partial charge in [-0.2, -0.15) is 5.10 Å². The molecule has 0 saturated carbocycles. The number of anilines is 1. The number of rotatable bonds is 3. The molecule has 2 rings (SSSR count). The van der Waals surface area contributed by atoms with Crippen LogP contribution in [0.5, 0.6) is 0 Å². The lowest BCUT2D eigenvalue weighted by Crippen LogP contribution is -2.25. The van der Waals surface area contributed by atoms with Gasteiger partial charge in [-0.05, 0) is 55.5 Å². The van der Waals surface area contributed by atoms with Crippen molar-refractivity contribution in [2.24, 2.45) is 5.10 Å². The largest absolute Gasteiger partial charge is 0.339 e. The Labute approximate surface area is 131 Å². The third-order valence-corrected chi connectivity index (χ3v) is 3.63. The Balaban J connectivity index is 1.98. The molecule has 2 amide bonds. The molecule has 114 valence electrons. The van der Waals surface area contributed by atoms with E-state index in [4.69, 9.17) is 0 Å². The zero-order chi connectivity index (χ0) is 16.1. The average molecular weight is 295 g/mol. The van der Waals surface area contributed by atoms with Crippen molar-refractivity contribution in [2.75, 3.05) is 5.32 Å². The van der Waals surface area contributed by atoms with E-state index in [1.807, 2.05) is 57.2 Å². The average Bonchev–Trinajstić information content (AvgIpc) is 2.47. The van der Waals surface area contributed by atoms with Gasteiger partial charge in [0.25, 0.3) is 0 Å². The van der Waals surface area contributed by atoms with Gasteiger partial charge in [-0.1, -0.05) is 36.4 Å². The number of hydrogen-bond acceptors (Lipinski definition) is 2. The summed E-state index contributed by atoms with van der Waals surface area (Å²) < 4.78 is 0. The van der Waals surface area contributed by atoms with Gasteiger partial charge in [0, 0.05) is 5.69 Å². The van der Waals surface area contributed by atoms with Gasteiger partial charge >= 0.3 is 6.03 Å². The number of carbonyl (C=O) groups excluding carboxylic acids is 1. The van der Waals surface area contributed by atoms with Crippen molar-refractivity contribution in [3.05, 3.63) is 64.2 Å². The van der Waals surface area contributed by atoms with E-state index in [1.54, 1.807) is 6.21 Å². The summed E-state index contributed by atoms with van der Waals surface area (Å²) in [5.74, 6) is 0. The summed E-state index contributed by atoms with van der Waals surface area (Å²) in [5.41, 5.74) is 8.74. The molecule has 0 fully saturated rings. The summed E-state index contributed by atoms with van der Waals surface area (Å²) in [6.07, 6.45) is 1.64. The summed E-state index contributed by atoms with van der Waals surface area (Å²) in [6, 6.07) is 11.6. The Bertz CT molecular complexity index is 700. The van der Waals surface area contributed by atoms with E-state index in [1.165, 1.54) is 11.1 Å². The molecule has 0 aromatic heterocycles. The third kappa shape index (κ3) is 3.95. The monoisotopic (exact) mass is 295 g/mol. The van der Waals surface area contributed by atoms with E-state index in [0.29, 0.717) is 0 Å². The highest BCUT2D eigenvalue weighted by Gasteiger charge is 2.05. The van der Waals surface area contributed by atoms with Crippen LogP contribution < -0.4 is 10.7 Å². The first kappa shape index (κ1) is 15.8. The van der Waals surface area contributed by atoms with Crippen LogP contribution in [0.25, 0.3) is 0 Å². The molecule has 0 aliphatic carbocycles. The topological polar surface area (TPSA) is 53.5 Å². The fraction of sp³-hybridized carbons (Fsp3) is 0.222. The molecule has 2 N–H and O–H groups in total. The molecule has 0 heterocycles. The van der Waals surface area contributed by atoms with E-state index in [0.717, 1.165) is 22.4 Å². The zero-order valence-corrected chi connectivity index (χ0v) is 13.4. The first-order valence-corrected chi connectivity index (χ1v) is 7.21. The molecule has 4 nitrogen and oxygen atoms in total. The number of aryl methyl sites for hydroxylation is 4. The highest BCUT2D eigenvalue weighted by molar-refractivity contribution is 5.91. The molecular formula is C18H21N3O. The van der Waals surface area contributed by atoms with Crippen LogP contribution >= 0.6 is 0 Å². The second-order valence-corrected chi connectivity index (χ2v) is 5.43. The Kier molecular flexibility index (Phi) is 4.94. The molecule has 2 aromatic carbocycles. The van der Waals surface area contributed by atoms with Gasteiger partial charge in [0.05, 0.1) is 6.21 Å². The summed E-state index contributed by atoms with van der Waals surface area (Å²) in [5, 5.41) is 6.80. The Morgan fingerprint density at radius 2 is 1.64 bits per heavy atom. The van der Waals surface area contributed by atoms with Crippen molar-refractivity contribution in [3.8, 4) is 0 Å². The number of carbonyl (C=O) groups is 1. The van der Waals surface area contributed by atoms with Gasteiger partial charge in [-0.3, -0.25) is 0 Å². The zero-order valence-electron chi connectivity index (χ0n) is 13.4. The lowest BCUT2D eigenvalue weighted by atomic mass is 10.1. The summed E-state index contributed by atoms with van der Waals surface area (Å²) in [4.78, 5) is 11.9. The van der Waals surface area contributed by atoms with Crippen molar-refractivity contribution < 1.29 is 4.79 Å². The van der Waals surface area contributed by atoms with E-state index in [9.17, 15) is 4.79 Å². The van der Waals surface area contributed by atoms with Crippen molar-refractivity contribution in [1.82, 2.24) is 5.43 Å². The van der Waals surface area contributed by atoms with Gasteiger partial charge in [-0.15, -0.1) is 0 Å². The molecule has 4 heteroatoms. The fourth-order valence-electron chi connectivity index (χ4n) is 2.16. The molecule has 0 spiro atoms. The number of urea groups is 1. The highest BCUT2D eigenvalue weighted by atomic mass is 16.2. The molecule has 0 saturated heterocycles. The van der Waals surface area contributed by atoms with Crippen LogP contribution in [0.15, 0.2) is 41.5 Å². The maximum absolute atomic E-state index is 11.9. The van der Waals surface area contributed by atoms with Crippen molar-refractivity contribution >= 4 is 17.9 Å². The van der Waals surface area contributed by atoms with E-state index in [2.05, 4.69) is 22.8 Å². The molecule has 0 aliphatic rings. The van der Waals surface area contributed by atoms with Gasteiger partial charge in [-0.25, -0.2) is 10.2 Å². The normalized spacial score (nSPS) is 10.7. The van der Waals surface area contributed by atoms with E-state index >= 15 is 0 Å². The minimum absolute atomic E-state index is 0.350. The van der Waals surface area contributed by atoms with Crippen molar-refractivity contribution in [3.63, 3.8) is 0 Å². The van der Waals surface area contributed by atoms with Crippen LogP contribution in [-0.2, 0) is 0 Å². The smallest absolute Gasteiger partial charge is 0.306 e. The van der Waals surface area contributed by atoms with Crippen LogP contribution in [0.1, 0.15) is 27.8 Å². The molecule has 0 aliphatic heterocycles. The molecule has 0 atom stereocenters. The number of benzene rings is 2. The predicted molar refractivity (Wildman–Crippen MR) is 91.6 cm³/mol. The lowest BCUT2D eigenvalue weighted by molar-refractivity contribution is 0.252. The maximum Gasteiger partial charge on any atom is 0.339 e. The van der Waals surface area contributed by atoms with Gasteiger partial charge in [0.15, 0.2) is 0 Å². The SMILES string of the molecule is Cc1ccc(/C=N/NC(=O)Nc2c(C)cccc2C)cc1C. The summed E-state index contributed by atoms with van der Waals surface area (Å²) in [7, 11) is 0. The quantitative estimate of drug-likeness (QED) is 0.650. The number of amides is 2. The van der Waals surface area contributed by atoms with Crippen molar-refractivity contribution in [1.29, 1.82) is 0 Å². The first-order chi connectivity index (χ1) is 10.5. The van der Waals surface area contributed by atoms with Gasteiger partial charge in [0.2, 0.25) is 0 Å². The van der Waals surface area contributed by atoms with E-state index < -0.39 is 0 Å². The second kappa shape index (κ2) is 6.89. The first-order valence-electron chi connectivity index (χ1n) is 7.21. The fourth-order valence-corrected chi connectivity index (χ4v) is 2.16. The Hall–Kier alpha value is -2.62. The molecule has 2 aromatic rings. The molecule has 22 heavy (non-hydrogen) atoms. The van der Waals surface area contributed by atoms with Crippen molar-refractivity contribution in [2.45, 2.75) is 27.7 Å². The molecule has 0 radical (unpaired) electrons. The Morgan fingerprint density at radius 3 is 2.27 bits per heavy atom. The minimum atomic E-state index is -0.350. The third-order valence-electron chi connectivity index (χ3n) is 3.63. The summed E-state index contributed by atoms with van der Waals surface area (Å²) in [6.45, 7) is 8.03. The highest BCUT2D eigenvalue weighted by Crippen LogP contribution is 2.18. The standard InChI is InChI=1S/C18H21N3O/c1-12-8-9-16(10-15(12)4)11-19-21-18(22)20-17-13(2)6-5-7-14(17)3/h5-11H,1-4H3,(H2,20,21,22)/b19-11+. The second-order valence-electron chi connectivity index (χ2n) is 5.43. The molecular weight excluding hydrogens is 274 g/mol. The number of nitrogens with zero attached hydrogens (tertiary/aromatic N) is 1. The number of nitrogens with one attached hydrogen (secondary N) is 2. The van der Waals surface area contributed by atoms with Gasteiger partial charge < -0.3 is 5.32 Å². The van der Waals surface area contributed by atoms with E-state index in [-0.39, 0.29) is 6.03 Å². The minimum Gasteiger partial charge on any atom is -0.306 e.